The van der Waals surface area contributed by atoms with E-state index >= 15 is 0 Å². The van der Waals surface area contributed by atoms with Crippen LogP contribution in [0.4, 0.5) is 5.69 Å². The van der Waals surface area contributed by atoms with Crippen molar-refractivity contribution in [2.24, 2.45) is 7.05 Å². The third-order valence-corrected chi connectivity index (χ3v) is 4.31. The summed E-state index contributed by atoms with van der Waals surface area (Å²) >= 11 is 3.36. The Kier molecular flexibility index (Phi) is 4.90. The first kappa shape index (κ1) is 17.9. The number of fused-ring (bicyclic) bond motifs is 1. The lowest BCUT2D eigenvalue weighted by molar-refractivity contribution is -0.131. The van der Waals surface area contributed by atoms with Crippen molar-refractivity contribution >= 4 is 44.4 Å². The number of carbonyl (C=O) groups excluding carboxylic acids is 2. The lowest BCUT2D eigenvalue weighted by atomic mass is 10.1. The maximum atomic E-state index is 12.8. The summed E-state index contributed by atoms with van der Waals surface area (Å²) in [4.78, 5) is 37.2. The fourth-order valence-corrected chi connectivity index (χ4v) is 3.02. The molecule has 0 aliphatic carbocycles. The Morgan fingerprint density at radius 1 is 1.12 bits per heavy atom. The van der Waals surface area contributed by atoms with Crippen molar-refractivity contribution in [3.8, 4) is 5.75 Å². The normalized spacial score (nSPS) is 10.6. The van der Waals surface area contributed by atoms with Crippen LogP contribution in [0.15, 0.2) is 57.8 Å². The molecule has 1 heterocycles. The number of carbonyl (C=O) groups is 2. The maximum absolute atomic E-state index is 12.8. The molecule has 0 aliphatic rings. The fraction of sp³-hybridized carbons (Fsp3) is 0.105. The molecular formula is C19H15BrN2O4. The minimum Gasteiger partial charge on any atom is -0.425 e. The standard InChI is InChI=1S/C19H15BrN2O4/c1-11(23)26-17-14-10-12(20)8-9-15(14)22(2)19(25)16(17)18(24)21-13-6-4-3-5-7-13/h3-10H,1-2H3,(H,21,24). The van der Waals surface area contributed by atoms with Gasteiger partial charge in [-0.3, -0.25) is 14.4 Å². The van der Waals surface area contributed by atoms with Gasteiger partial charge in [0.15, 0.2) is 5.75 Å². The molecule has 3 aromatic rings. The molecule has 1 aromatic heterocycles. The van der Waals surface area contributed by atoms with Crippen LogP contribution in [-0.2, 0) is 11.8 Å². The molecule has 1 N–H and O–H groups in total. The molecule has 0 unspecified atom stereocenters. The van der Waals surface area contributed by atoms with Gasteiger partial charge >= 0.3 is 5.97 Å². The number of halogens is 1. The topological polar surface area (TPSA) is 77.4 Å². The Balaban J connectivity index is 2.25. The van der Waals surface area contributed by atoms with E-state index in [4.69, 9.17) is 4.74 Å². The van der Waals surface area contributed by atoms with Gasteiger partial charge in [0, 0.05) is 29.5 Å². The molecule has 0 radical (unpaired) electrons. The number of aryl methyl sites for hydroxylation is 1. The highest BCUT2D eigenvalue weighted by atomic mass is 79.9. The van der Waals surface area contributed by atoms with E-state index in [1.54, 1.807) is 49.5 Å². The van der Waals surface area contributed by atoms with Crippen LogP contribution in [0, 0.1) is 0 Å². The summed E-state index contributed by atoms with van der Waals surface area (Å²) in [6.45, 7) is 1.22. The average molecular weight is 415 g/mol. The summed E-state index contributed by atoms with van der Waals surface area (Å²) in [5, 5.41) is 3.15. The first-order valence-electron chi connectivity index (χ1n) is 7.75. The van der Waals surface area contributed by atoms with Gasteiger partial charge in [-0.05, 0) is 30.3 Å². The molecule has 26 heavy (non-hydrogen) atoms. The molecule has 3 rings (SSSR count). The minimum atomic E-state index is -0.644. The van der Waals surface area contributed by atoms with Gasteiger partial charge in [-0.15, -0.1) is 0 Å². The highest BCUT2D eigenvalue weighted by molar-refractivity contribution is 9.10. The van der Waals surface area contributed by atoms with Gasteiger partial charge < -0.3 is 14.6 Å². The molecular weight excluding hydrogens is 400 g/mol. The predicted octanol–water partition coefficient (Wildman–Crippen LogP) is 3.48. The molecule has 1 amide bonds. The van der Waals surface area contributed by atoms with Crippen molar-refractivity contribution in [2.45, 2.75) is 6.92 Å². The summed E-state index contributed by atoms with van der Waals surface area (Å²) in [7, 11) is 1.56. The van der Waals surface area contributed by atoms with E-state index in [2.05, 4.69) is 21.2 Å². The monoisotopic (exact) mass is 414 g/mol. The zero-order valence-corrected chi connectivity index (χ0v) is 15.7. The lowest BCUT2D eigenvalue weighted by Gasteiger charge is -2.15. The number of amides is 1. The number of pyridine rings is 1. The van der Waals surface area contributed by atoms with E-state index in [1.165, 1.54) is 11.5 Å². The largest absolute Gasteiger partial charge is 0.425 e. The number of hydrogen-bond donors (Lipinski definition) is 1. The van der Waals surface area contributed by atoms with Gasteiger partial charge in [0.05, 0.1) is 5.52 Å². The van der Waals surface area contributed by atoms with E-state index in [0.29, 0.717) is 16.6 Å². The number of hydrogen-bond acceptors (Lipinski definition) is 4. The zero-order valence-electron chi connectivity index (χ0n) is 14.1. The van der Waals surface area contributed by atoms with Crippen molar-refractivity contribution in [3.05, 3.63) is 68.9 Å². The third-order valence-electron chi connectivity index (χ3n) is 3.81. The van der Waals surface area contributed by atoms with Gasteiger partial charge in [0.1, 0.15) is 5.56 Å². The van der Waals surface area contributed by atoms with Crippen LogP contribution in [0.25, 0.3) is 10.9 Å². The third kappa shape index (κ3) is 3.39. The molecule has 0 spiro atoms. The average Bonchev–Trinajstić information content (AvgIpc) is 2.60. The molecule has 7 heteroatoms. The second kappa shape index (κ2) is 7.13. The number of benzene rings is 2. The highest BCUT2D eigenvalue weighted by Crippen LogP contribution is 2.30. The first-order valence-corrected chi connectivity index (χ1v) is 8.55. The van der Waals surface area contributed by atoms with Crippen molar-refractivity contribution in [3.63, 3.8) is 0 Å². The maximum Gasteiger partial charge on any atom is 0.308 e. The summed E-state index contributed by atoms with van der Waals surface area (Å²) in [5.74, 6) is -1.31. The number of para-hydroxylation sites is 1. The van der Waals surface area contributed by atoms with Crippen LogP contribution in [0.2, 0.25) is 0 Å². The number of ether oxygens (including phenoxy) is 1. The highest BCUT2D eigenvalue weighted by Gasteiger charge is 2.24. The second-order valence-corrected chi connectivity index (χ2v) is 6.56. The Bertz CT molecular complexity index is 1070. The van der Waals surface area contributed by atoms with Crippen molar-refractivity contribution < 1.29 is 14.3 Å². The predicted molar refractivity (Wildman–Crippen MR) is 103 cm³/mol. The molecule has 0 atom stereocenters. The van der Waals surface area contributed by atoms with Crippen LogP contribution >= 0.6 is 15.9 Å². The zero-order chi connectivity index (χ0) is 18.8. The van der Waals surface area contributed by atoms with Crippen LogP contribution < -0.4 is 15.6 Å². The van der Waals surface area contributed by atoms with Gasteiger partial charge in [0.2, 0.25) is 0 Å². The SMILES string of the molecule is CC(=O)Oc1c(C(=O)Nc2ccccc2)c(=O)n(C)c2ccc(Br)cc12. The smallest absolute Gasteiger partial charge is 0.308 e. The number of rotatable bonds is 3. The Morgan fingerprint density at radius 3 is 2.46 bits per heavy atom. The summed E-state index contributed by atoms with van der Waals surface area (Å²) in [5.41, 5.74) is 0.301. The number of anilines is 1. The summed E-state index contributed by atoms with van der Waals surface area (Å²) in [6.07, 6.45) is 0. The molecule has 2 aromatic carbocycles. The van der Waals surface area contributed by atoms with Gasteiger partial charge in [0.25, 0.3) is 11.5 Å². The molecule has 0 aliphatic heterocycles. The van der Waals surface area contributed by atoms with Crippen molar-refractivity contribution in [2.75, 3.05) is 5.32 Å². The molecule has 0 saturated heterocycles. The van der Waals surface area contributed by atoms with Crippen molar-refractivity contribution in [1.82, 2.24) is 4.57 Å². The molecule has 0 saturated carbocycles. The summed E-state index contributed by atoms with van der Waals surface area (Å²) in [6, 6.07) is 13.9. The van der Waals surface area contributed by atoms with Crippen LogP contribution in [0.5, 0.6) is 5.75 Å². The summed E-state index contributed by atoms with van der Waals surface area (Å²) < 4.78 is 7.36. The van der Waals surface area contributed by atoms with Crippen LogP contribution in [0.1, 0.15) is 17.3 Å². The minimum absolute atomic E-state index is 0.0506. The molecule has 6 nitrogen and oxygen atoms in total. The molecule has 0 fully saturated rings. The number of nitrogens with one attached hydrogen (secondary N) is 1. The van der Waals surface area contributed by atoms with Gasteiger partial charge in [-0.1, -0.05) is 34.1 Å². The number of esters is 1. The first-order chi connectivity index (χ1) is 12.4. The van der Waals surface area contributed by atoms with Crippen LogP contribution in [0.3, 0.4) is 0 Å². The fourth-order valence-electron chi connectivity index (χ4n) is 2.66. The Labute approximate surface area is 157 Å². The van der Waals surface area contributed by atoms with E-state index in [0.717, 1.165) is 4.47 Å². The molecule has 132 valence electrons. The van der Waals surface area contributed by atoms with Gasteiger partial charge in [-0.25, -0.2) is 0 Å². The number of nitrogens with zero attached hydrogens (tertiary/aromatic N) is 1. The Morgan fingerprint density at radius 2 is 1.81 bits per heavy atom. The Hall–Kier alpha value is -2.93. The lowest BCUT2D eigenvalue weighted by Crippen LogP contribution is -2.29. The number of aromatic nitrogens is 1. The van der Waals surface area contributed by atoms with E-state index in [9.17, 15) is 14.4 Å². The van der Waals surface area contributed by atoms with Gasteiger partial charge in [-0.2, -0.15) is 0 Å². The van der Waals surface area contributed by atoms with E-state index in [-0.39, 0.29) is 11.3 Å². The van der Waals surface area contributed by atoms with Crippen LogP contribution in [-0.4, -0.2) is 16.4 Å². The van der Waals surface area contributed by atoms with E-state index in [1.807, 2.05) is 6.07 Å². The quantitative estimate of drug-likeness (QED) is 0.665. The second-order valence-electron chi connectivity index (χ2n) is 5.64. The molecule has 0 bridgehead atoms. The van der Waals surface area contributed by atoms with E-state index < -0.39 is 17.4 Å². The van der Waals surface area contributed by atoms with Crippen molar-refractivity contribution in [1.29, 1.82) is 0 Å².